The van der Waals surface area contributed by atoms with Gasteiger partial charge in [0.1, 0.15) is 5.82 Å². The van der Waals surface area contributed by atoms with Gasteiger partial charge in [-0.2, -0.15) is 0 Å². The summed E-state index contributed by atoms with van der Waals surface area (Å²) in [4.78, 5) is 2.59. The highest BCUT2D eigenvalue weighted by Crippen LogP contribution is 2.41. The molecule has 0 unspecified atom stereocenters. The SMILES string of the molecule is Cc1cc([C@@H](C2CCC2)N2CCNCC2)ccc1F.Cl.Cl. The molecule has 0 amide bonds. The van der Waals surface area contributed by atoms with Crippen LogP contribution >= 0.6 is 24.8 Å². The maximum Gasteiger partial charge on any atom is 0.126 e. The molecule has 0 bridgehead atoms. The summed E-state index contributed by atoms with van der Waals surface area (Å²) in [7, 11) is 0. The molecule has 1 atom stereocenters. The highest BCUT2D eigenvalue weighted by atomic mass is 35.5. The number of benzene rings is 1. The summed E-state index contributed by atoms with van der Waals surface area (Å²) in [6.07, 6.45) is 4.00. The Balaban J connectivity index is 0.00000110. The third kappa shape index (κ3) is 4.10. The molecule has 1 aliphatic heterocycles. The molecule has 0 aromatic heterocycles. The summed E-state index contributed by atoms with van der Waals surface area (Å²) in [5.74, 6) is 0.680. The monoisotopic (exact) mass is 334 g/mol. The zero-order valence-electron chi connectivity index (χ0n) is 12.5. The van der Waals surface area contributed by atoms with E-state index >= 15 is 0 Å². The Morgan fingerprint density at radius 3 is 2.38 bits per heavy atom. The maximum atomic E-state index is 13.5. The first-order valence-electron chi connectivity index (χ1n) is 7.46. The van der Waals surface area contributed by atoms with Crippen molar-refractivity contribution in [2.24, 2.45) is 5.92 Å². The summed E-state index contributed by atoms with van der Waals surface area (Å²) < 4.78 is 13.5. The van der Waals surface area contributed by atoms with E-state index in [0.717, 1.165) is 37.7 Å². The number of nitrogens with zero attached hydrogens (tertiary/aromatic N) is 1. The standard InChI is InChI=1S/C16H23FN2.2ClH/c1-12-11-14(5-6-15(12)17)16(13-3-2-4-13)19-9-7-18-8-10-19;;/h5-6,11,13,16,18H,2-4,7-10H2,1H3;2*1H/t16-;;/m1../s1. The molecule has 1 aromatic carbocycles. The molecule has 1 N–H and O–H groups in total. The Morgan fingerprint density at radius 1 is 1.19 bits per heavy atom. The molecule has 2 aliphatic rings. The van der Waals surface area contributed by atoms with E-state index in [2.05, 4.69) is 16.3 Å². The van der Waals surface area contributed by atoms with Crippen LogP contribution in [0.3, 0.4) is 0 Å². The van der Waals surface area contributed by atoms with Gasteiger partial charge < -0.3 is 5.32 Å². The minimum atomic E-state index is -0.0866. The Bertz CT molecular complexity index is 446. The van der Waals surface area contributed by atoms with Crippen LogP contribution in [0.4, 0.5) is 4.39 Å². The lowest BCUT2D eigenvalue weighted by atomic mass is 9.76. The molecule has 1 saturated heterocycles. The van der Waals surface area contributed by atoms with E-state index in [1.165, 1.54) is 24.8 Å². The van der Waals surface area contributed by atoms with Gasteiger partial charge >= 0.3 is 0 Å². The van der Waals surface area contributed by atoms with E-state index in [4.69, 9.17) is 0 Å². The van der Waals surface area contributed by atoms with Gasteiger partial charge in [-0.05, 0) is 42.9 Å². The largest absolute Gasteiger partial charge is 0.314 e. The molecular weight excluding hydrogens is 310 g/mol. The maximum absolute atomic E-state index is 13.5. The quantitative estimate of drug-likeness (QED) is 0.906. The number of nitrogens with one attached hydrogen (secondary N) is 1. The van der Waals surface area contributed by atoms with E-state index in [-0.39, 0.29) is 30.6 Å². The van der Waals surface area contributed by atoms with Crippen molar-refractivity contribution >= 4 is 24.8 Å². The Hall–Kier alpha value is -0.350. The van der Waals surface area contributed by atoms with Crippen molar-refractivity contribution in [3.63, 3.8) is 0 Å². The van der Waals surface area contributed by atoms with Crippen LogP contribution in [0.5, 0.6) is 0 Å². The molecule has 1 heterocycles. The second-order valence-corrected chi connectivity index (χ2v) is 5.93. The van der Waals surface area contributed by atoms with Crippen LogP contribution in [-0.4, -0.2) is 31.1 Å². The predicted octanol–water partition coefficient (Wildman–Crippen LogP) is 3.72. The zero-order valence-corrected chi connectivity index (χ0v) is 14.1. The molecule has 1 aromatic rings. The average molecular weight is 335 g/mol. The van der Waals surface area contributed by atoms with Crippen molar-refractivity contribution in [1.82, 2.24) is 10.2 Å². The Morgan fingerprint density at radius 2 is 1.86 bits per heavy atom. The van der Waals surface area contributed by atoms with E-state index in [9.17, 15) is 4.39 Å². The average Bonchev–Trinajstić information content (AvgIpc) is 2.38. The smallest absolute Gasteiger partial charge is 0.126 e. The molecule has 2 fully saturated rings. The molecule has 21 heavy (non-hydrogen) atoms. The number of rotatable bonds is 3. The van der Waals surface area contributed by atoms with Crippen molar-refractivity contribution in [3.05, 3.63) is 35.1 Å². The fourth-order valence-corrected chi connectivity index (χ4v) is 3.35. The first-order valence-corrected chi connectivity index (χ1v) is 7.46. The molecule has 2 nitrogen and oxygen atoms in total. The lowest BCUT2D eigenvalue weighted by Gasteiger charge is -2.43. The fraction of sp³-hybridized carbons (Fsp3) is 0.625. The molecule has 5 heteroatoms. The van der Waals surface area contributed by atoms with E-state index in [0.29, 0.717) is 6.04 Å². The number of piperazine rings is 1. The number of hydrogen-bond acceptors (Lipinski definition) is 2. The minimum absolute atomic E-state index is 0. The van der Waals surface area contributed by atoms with Gasteiger partial charge in [-0.25, -0.2) is 4.39 Å². The van der Waals surface area contributed by atoms with Gasteiger partial charge in [0.2, 0.25) is 0 Å². The fourth-order valence-electron chi connectivity index (χ4n) is 3.35. The van der Waals surface area contributed by atoms with Gasteiger partial charge in [0.25, 0.3) is 0 Å². The van der Waals surface area contributed by atoms with Crippen LogP contribution in [0.1, 0.15) is 36.4 Å². The van der Waals surface area contributed by atoms with Crippen molar-refractivity contribution in [2.75, 3.05) is 26.2 Å². The minimum Gasteiger partial charge on any atom is -0.314 e. The van der Waals surface area contributed by atoms with Crippen LogP contribution in [0.2, 0.25) is 0 Å². The second kappa shape index (κ2) is 8.33. The van der Waals surface area contributed by atoms with E-state index in [1.54, 1.807) is 6.07 Å². The van der Waals surface area contributed by atoms with Crippen LogP contribution in [-0.2, 0) is 0 Å². The molecule has 1 aliphatic carbocycles. The lowest BCUT2D eigenvalue weighted by molar-refractivity contribution is 0.0836. The summed E-state index contributed by atoms with van der Waals surface area (Å²) in [5.41, 5.74) is 2.09. The first-order chi connectivity index (χ1) is 9.25. The zero-order chi connectivity index (χ0) is 13.2. The summed E-state index contributed by atoms with van der Waals surface area (Å²) in [6.45, 7) is 6.23. The predicted molar refractivity (Wildman–Crippen MR) is 90.2 cm³/mol. The van der Waals surface area contributed by atoms with E-state index < -0.39 is 0 Å². The van der Waals surface area contributed by atoms with Crippen LogP contribution < -0.4 is 5.32 Å². The Kier molecular flexibility index (Phi) is 7.41. The molecule has 3 rings (SSSR count). The van der Waals surface area contributed by atoms with Gasteiger partial charge in [0.15, 0.2) is 0 Å². The van der Waals surface area contributed by atoms with Gasteiger partial charge in [0, 0.05) is 32.2 Å². The number of aryl methyl sites for hydroxylation is 1. The van der Waals surface area contributed by atoms with Crippen molar-refractivity contribution in [3.8, 4) is 0 Å². The van der Waals surface area contributed by atoms with Crippen molar-refractivity contribution < 1.29 is 4.39 Å². The van der Waals surface area contributed by atoms with Gasteiger partial charge in [-0.3, -0.25) is 4.90 Å². The third-order valence-corrected chi connectivity index (χ3v) is 4.66. The number of hydrogen-bond donors (Lipinski definition) is 1. The van der Waals surface area contributed by atoms with Crippen LogP contribution in [0.25, 0.3) is 0 Å². The molecular formula is C16H25Cl2FN2. The second-order valence-electron chi connectivity index (χ2n) is 5.93. The highest BCUT2D eigenvalue weighted by Gasteiger charge is 2.33. The normalized spacial score (nSPS) is 20.9. The van der Waals surface area contributed by atoms with Crippen LogP contribution in [0.15, 0.2) is 18.2 Å². The first kappa shape index (κ1) is 18.7. The number of halogens is 3. The highest BCUT2D eigenvalue weighted by molar-refractivity contribution is 5.85. The van der Waals surface area contributed by atoms with Gasteiger partial charge in [-0.1, -0.05) is 18.6 Å². The molecule has 0 radical (unpaired) electrons. The Labute approximate surface area is 139 Å². The van der Waals surface area contributed by atoms with Gasteiger partial charge in [-0.15, -0.1) is 24.8 Å². The summed E-state index contributed by atoms with van der Waals surface area (Å²) in [6, 6.07) is 6.18. The van der Waals surface area contributed by atoms with E-state index in [1.807, 2.05) is 13.0 Å². The molecule has 120 valence electrons. The summed E-state index contributed by atoms with van der Waals surface area (Å²) in [5, 5.41) is 3.41. The molecule has 0 spiro atoms. The van der Waals surface area contributed by atoms with Crippen LogP contribution in [0, 0.1) is 18.7 Å². The van der Waals surface area contributed by atoms with Gasteiger partial charge in [0.05, 0.1) is 0 Å². The van der Waals surface area contributed by atoms with Crippen molar-refractivity contribution in [2.45, 2.75) is 32.2 Å². The summed E-state index contributed by atoms with van der Waals surface area (Å²) >= 11 is 0. The topological polar surface area (TPSA) is 15.3 Å². The van der Waals surface area contributed by atoms with Crippen molar-refractivity contribution in [1.29, 1.82) is 0 Å². The molecule has 1 saturated carbocycles. The third-order valence-electron chi connectivity index (χ3n) is 4.66. The lowest BCUT2D eigenvalue weighted by Crippen LogP contribution is -2.47.